The van der Waals surface area contributed by atoms with Crippen molar-refractivity contribution < 1.29 is 12.8 Å². The molecule has 0 saturated heterocycles. The topological polar surface area (TPSA) is 99.1 Å². The first-order valence-electron chi connectivity index (χ1n) is 4.94. The monoisotopic (exact) mass is 285 g/mol. The van der Waals surface area contributed by atoms with Gasteiger partial charge in [0.2, 0.25) is 0 Å². The van der Waals surface area contributed by atoms with Gasteiger partial charge >= 0.3 is 0 Å². The highest BCUT2D eigenvalue weighted by molar-refractivity contribution is 7.98. The molecule has 0 spiro atoms. The van der Waals surface area contributed by atoms with Gasteiger partial charge in [-0.1, -0.05) is 11.8 Å². The molecule has 0 amide bonds. The van der Waals surface area contributed by atoms with Crippen LogP contribution in [0.1, 0.15) is 5.76 Å². The third kappa shape index (κ3) is 2.65. The summed E-state index contributed by atoms with van der Waals surface area (Å²) in [4.78, 5) is 7.75. The van der Waals surface area contributed by atoms with Gasteiger partial charge in [0.1, 0.15) is 22.2 Å². The van der Waals surface area contributed by atoms with Crippen LogP contribution in [0.15, 0.2) is 39.1 Å². The number of hydrogen-bond acceptors (Lipinski definition) is 7. The molecule has 2 heterocycles. The van der Waals surface area contributed by atoms with E-state index in [4.69, 9.17) is 10.2 Å². The van der Waals surface area contributed by atoms with Crippen LogP contribution in [-0.2, 0) is 15.6 Å². The number of nitrogens with zero attached hydrogens (tertiary/aromatic N) is 2. The minimum Gasteiger partial charge on any atom is -0.468 e. The number of furan rings is 1. The molecule has 18 heavy (non-hydrogen) atoms. The maximum Gasteiger partial charge on any atom is 0.190 e. The van der Waals surface area contributed by atoms with Crippen LogP contribution in [0.3, 0.4) is 0 Å². The molecule has 0 saturated carbocycles. The summed E-state index contributed by atoms with van der Waals surface area (Å²) < 4.78 is 29.2. The lowest BCUT2D eigenvalue weighted by Gasteiger charge is -2.05. The van der Waals surface area contributed by atoms with Crippen molar-refractivity contribution in [2.45, 2.75) is 15.8 Å². The molecule has 0 aliphatic carbocycles. The predicted octanol–water partition coefficient (Wildman–Crippen LogP) is 1.35. The Labute approximate surface area is 109 Å². The molecule has 2 aromatic rings. The maximum absolute atomic E-state index is 12.1. The average molecular weight is 285 g/mol. The van der Waals surface area contributed by atoms with E-state index in [9.17, 15) is 8.42 Å². The summed E-state index contributed by atoms with van der Waals surface area (Å²) in [6.07, 6.45) is 4.43. The van der Waals surface area contributed by atoms with E-state index in [1.807, 2.05) is 0 Å². The molecule has 6 nitrogen and oxygen atoms in total. The zero-order chi connectivity index (χ0) is 13.2. The molecule has 0 unspecified atom stereocenters. The zero-order valence-electron chi connectivity index (χ0n) is 9.53. The Hall–Kier alpha value is -1.54. The highest BCUT2D eigenvalue weighted by Crippen LogP contribution is 2.22. The number of aromatic nitrogens is 2. The van der Waals surface area contributed by atoms with Gasteiger partial charge in [0.25, 0.3) is 0 Å². The molecule has 0 aromatic carbocycles. The summed E-state index contributed by atoms with van der Waals surface area (Å²) >= 11 is 1.29. The van der Waals surface area contributed by atoms with E-state index in [0.717, 1.165) is 0 Å². The zero-order valence-corrected chi connectivity index (χ0v) is 11.2. The fraction of sp³-hybridized carbons (Fsp3) is 0.200. The highest BCUT2D eigenvalue weighted by atomic mass is 32.2. The Kier molecular flexibility index (Phi) is 3.58. The smallest absolute Gasteiger partial charge is 0.190 e. The van der Waals surface area contributed by atoms with Crippen molar-refractivity contribution in [3.05, 3.63) is 30.4 Å². The van der Waals surface area contributed by atoms with Gasteiger partial charge in [0.15, 0.2) is 15.0 Å². The Bertz CT molecular complexity index is 638. The fourth-order valence-corrected chi connectivity index (χ4v) is 2.98. The van der Waals surface area contributed by atoms with E-state index in [2.05, 4.69) is 9.97 Å². The van der Waals surface area contributed by atoms with Crippen molar-refractivity contribution in [1.29, 1.82) is 0 Å². The molecule has 0 aliphatic heterocycles. The average Bonchev–Trinajstić information content (AvgIpc) is 2.80. The van der Waals surface area contributed by atoms with Gasteiger partial charge in [-0.2, -0.15) is 0 Å². The van der Waals surface area contributed by atoms with Gasteiger partial charge in [-0.15, -0.1) is 0 Å². The van der Waals surface area contributed by atoms with Crippen LogP contribution in [0.5, 0.6) is 0 Å². The molecule has 2 aromatic heterocycles. The molecule has 0 atom stereocenters. The normalized spacial score (nSPS) is 11.6. The first-order valence-corrected chi connectivity index (χ1v) is 7.82. The number of hydrogen-bond donors (Lipinski definition) is 1. The molecular weight excluding hydrogens is 274 g/mol. The second kappa shape index (κ2) is 4.99. The molecule has 0 radical (unpaired) electrons. The molecule has 8 heteroatoms. The Balaban J connectivity index is 2.35. The number of thioether (sulfide) groups is 1. The van der Waals surface area contributed by atoms with Crippen molar-refractivity contribution >= 4 is 27.4 Å². The third-order valence-electron chi connectivity index (χ3n) is 2.19. The quantitative estimate of drug-likeness (QED) is 0.668. The number of rotatable bonds is 4. The first-order chi connectivity index (χ1) is 8.53. The standard InChI is InChI=1S/C10H11N3O3S2/c1-17-10-12-5-8(9(11)13-10)18(14,15)6-7-3-2-4-16-7/h2-5H,6H2,1H3,(H2,11,12,13). The fourth-order valence-electron chi connectivity index (χ4n) is 1.36. The number of sulfone groups is 1. The van der Waals surface area contributed by atoms with Gasteiger partial charge in [-0.05, 0) is 18.4 Å². The van der Waals surface area contributed by atoms with Crippen LogP contribution in [0, 0.1) is 0 Å². The van der Waals surface area contributed by atoms with Crippen molar-refractivity contribution in [3.63, 3.8) is 0 Å². The SMILES string of the molecule is CSc1ncc(S(=O)(=O)Cc2ccco2)c(N)n1. The lowest BCUT2D eigenvalue weighted by atomic mass is 10.5. The van der Waals surface area contributed by atoms with E-state index in [1.54, 1.807) is 18.4 Å². The second-order valence-electron chi connectivity index (χ2n) is 3.44. The van der Waals surface area contributed by atoms with Crippen LogP contribution in [-0.4, -0.2) is 24.6 Å². The maximum atomic E-state index is 12.1. The summed E-state index contributed by atoms with van der Waals surface area (Å²) in [6, 6.07) is 3.21. The van der Waals surface area contributed by atoms with Crippen LogP contribution in [0.2, 0.25) is 0 Å². The van der Waals surface area contributed by atoms with E-state index >= 15 is 0 Å². The van der Waals surface area contributed by atoms with Crippen LogP contribution in [0.25, 0.3) is 0 Å². The van der Waals surface area contributed by atoms with Crippen molar-refractivity contribution in [2.24, 2.45) is 0 Å². The minimum absolute atomic E-state index is 0.0408. The van der Waals surface area contributed by atoms with E-state index in [1.165, 1.54) is 24.2 Å². The lowest BCUT2D eigenvalue weighted by Crippen LogP contribution is -2.10. The summed E-state index contributed by atoms with van der Waals surface area (Å²) in [5.41, 5.74) is 5.64. The van der Waals surface area contributed by atoms with Crippen LogP contribution in [0.4, 0.5) is 5.82 Å². The molecule has 0 bridgehead atoms. The Morgan fingerprint density at radius 3 is 2.83 bits per heavy atom. The molecule has 0 aliphatic rings. The minimum atomic E-state index is -3.59. The van der Waals surface area contributed by atoms with E-state index < -0.39 is 9.84 Å². The predicted molar refractivity (Wildman–Crippen MR) is 67.8 cm³/mol. The van der Waals surface area contributed by atoms with Gasteiger partial charge < -0.3 is 10.2 Å². The highest BCUT2D eigenvalue weighted by Gasteiger charge is 2.21. The first kappa shape index (κ1) is 12.9. The van der Waals surface area contributed by atoms with Crippen molar-refractivity contribution in [2.75, 3.05) is 12.0 Å². The molecule has 0 fully saturated rings. The summed E-state index contributed by atoms with van der Waals surface area (Å²) in [5, 5.41) is 0.435. The Morgan fingerprint density at radius 1 is 1.50 bits per heavy atom. The molecular formula is C10H11N3O3S2. The van der Waals surface area contributed by atoms with Crippen molar-refractivity contribution in [1.82, 2.24) is 9.97 Å². The lowest BCUT2D eigenvalue weighted by molar-refractivity contribution is 0.520. The summed E-state index contributed by atoms with van der Waals surface area (Å²) in [6.45, 7) is 0. The van der Waals surface area contributed by atoms with Crippen LogP contribution < -0.4 is 5.73 Å². The molecule has 96 valence electrons. The van der Waals surface area contributed by atoms with Gasteiger partial charge in [-0.25, -0.2) is 18.4 Å². The van der Waals surface area contributed by atoms with Crippen LogP contribution >= 0.6 is 11.8 Å². The van der Waals surface area contributed by atoms with E-state index in [-0.39, 0.29) is 16.5 Å². The van der Waals surface area contributed by atoms with Gasteiger partial charge in [-0.3, -0.25) is 0 Å². The third-order valence-corrected chi connectivity index (χ3v) is 4.40. The number of nitrogens with two attached hydrogens (primary N) is 1. The summed E-state index contributed by atoms with van der Waals surface area (Å²) in [7, 11) is -3.59. The Morgan fingerprint density at radius 2 is 2.28 bits per heavy atom. The largest absolute Gasteiger partial charge is 0.468 e. The van der Waals surface area contributed by atoms with Gasteiger partial charge in [0, 0.05) is 0 Å². The number of nitrogen functional groups attached to an aromatic ring is 1. The number of anilines is 1. The van der Waals surface area contributed by atoms with E-state index in [0.29, 0.717) is 10.9 Å². The molecule has 2 N–H and O–H groups in total. The van der Waals surface area contributed by atoms with Gasteiger partial charge in [0.05, 0.1) is 12.5 Å². The summed E-state index contributed by atoms with van der Waals surface area (Å²) in [5.74, 6) is 0.0517. The second-order valence-corrected chi connectivity index (χ2v) is 6.18. The van der Waals surface area contributed by atoms with Crippen molar-refractivity contribution in [3.8, 4) is 0 Å². The molecule has 2 rings (SSSR count).